The van der Waals surface area contributed by atoms with Gasteiger partial charge in [0.1, 0.15) is 6.07 Å². The van der Waals surface area contributed by atoms with Crippen molar-refractivity contribution in [1.29, 1.82) is 5.26 Å². The molecule has 2 nitrogen and oxygen atoms in total. The first-order valence-corrected chi connectivity index (χ1v) is 3.49. The second-order valence-electron chi connectivity index (χ2n) is 2.48. The smallest absolute Gasteiger partial charge is 0.101 e. The van der Waals surface area contributed by atoms with Crippen molar-refractivity contribution < 1.29 is 4.48 Å². The first-order chi connectivity index (χ1) is 5.83. The van der Waals surface area contributed by atoms with Gasteiger partial charge in [-0.25, -0.2) is 0 Å². The first-order valence-electron chi connectivity index (χ1n) is 3.49. The Morgan fingerprint density at radius 3 is 2.83 bits per heavy atom. The molecule has 2 rings (SSSR count). The number of nitrogens with zero attached hydrogens (tertiary/aromatic N) is 2. The lowest BCUT2D eigenvalue weighted by molar-refractivity contribution is 0.388. The highest BCUT2D eigenvalue weighted by Gasteiger charge is 2.05. The molecule has 0 unspecified atom stereocenters. The maximum absolute atomic E-state index is 13.0. The molecule has 2 aromatic rings. The fourth-order valence-corrected chi connectivity index (χ4v) is 1.23. The summed E-state index contributed by atoms with van der Waals surface area (Å²) in [6.07, 6.45) is 1.19. The van der Waals surface area contributed by atoms with E-state index in [1.54, 1.807) is 24.3 Å². The fraction of sp³-hybridized carbons (Fsp3) is 0. The van der Waals surface area contributed by atoms with Crippen molar-refractivity contribution in [3.8, 4) is 6.07 Å². The molecule has 0 amide bonds. The van der Waals surface area contributed by atoms with E-state index in [9.17, 15) is 4.48 Å². The van der Waals surface area contributed by atoms with Gasteiger partial charge in [-0.15, -0.1) is 0 Å². The summed E-state index contributed by atoms with van der Waals surface area (Å²) < 4.78 is 13.0. The van der Waals surface area contributed by atoms with Crippen molar-refractivity contribution in [2.24, 2.45) is 0 Å². The lowest BCUT2D eigenvalue weighted by Crippen LogP contribution is -1.74. The molecule has 0 saturated heterocycles. The highest BCUT2D eigenvalue weighted by molar-refractivity contribution is 5.85. The average molecular weight is 160 g/mol. The van der Waals surface area contributed by atoms with E-state index in [0.29, 0.717) is 21.3 Å². The lowest BCUT2D eigenvalue weighted by atomic mass is 10.2. The Morgan fingerprint density at radius 2 is 2.08 bits per heavy atom. The molecular weight excluding hydrogens is 155 g/mol. The Balaban J connectivity index is 2.94. The molecule has 12 heavy (non-hydrogen) atoms. The summed E-state index contributed by atoms with van der Waals surface area (Å²) in [5.41, 5.74) is 0.808. The third-order valence-electron chi connectivity index (χ3n) is 1.79. The van der Waals surface area contributed by atoms with Crippen LogP contribution in [0, 0.1) is 11.3 Å². The van der Waals surface area contributed by atoms with Gasteiger partial charge in [0.05, 0.1) is 17.3 Å². The Kier molecular flexibility index (Phi) is 1.34. The highest BCUT2D eigenvalue weighted by atomic mass is 19.2. The van der Waals surface area contributed by atoms with E-state index in [2.05, 4.69) is 0 Å². The summed E-state index contributed by atoms with van der Waals surface area (Å²) >= 11 is 0. The minimum atomic E-state index is 0.369. The molecule has 0 fully saturated rings. The van der Waals surface area contributed by atoms with Crippen LogP contribution in [0.4, 0.5) is 4.48 Å². The monoisotopic (exact) mass is 160 g/mol. The fourth-order valence-electron chi connectivity index (χ4n) is 1.23. The van der Waals surface area contributed by atoms with Crippen molar-refractivity contribution in [2.45, 2.75) is 0 Å². The lowest BCUT2D eigenvalue weighted by Gasteiger charge is -1.88. The number of nitriles is 1. The van der Waals surface area contributed by atoms with E-state index < -0.39 is 0 Å². The predicted molar refractivity (Wildman–Crippen MR) is 43.2 cm³/mol. The molecule has 0 aliphatic rings. The summed E-state index contributed by atoms with van der Waals surface area (Å²) in [4.78, 5) is 0.466. The number of hydrogen-bond acceptors (Lipinski definition) is 1. The quantitative estimate of drug-likeness (QED) is 0.581. The van der Waals surface area contributed by atoms with E-state index in [-0.39, 0.29) is 0 Å². The van der Waals surface area contributed by atoms with Gasteiger partial charge in [0.2, 0.25) is 0 Å². The van der Waals surface area contributed by atoms with Crippen LogP contribution in [0.2, 0.25) is 0 Å². The molecule has 1 aromatic carbocycles. The predicted octanol–water partition coefficient (Wildman–Crippen LogP) is 2.25. The van der Waals surface area contributed by atoms with Gasteiger partial charge in [-0.1, -0.05) is 22.7 Å². The molecular formula is C9H5FN2. The molecule has 3 heteroatoms. The number of hydrogen-bond donors (Lipinski definition) is 0. The number of halogens is 1. The molecule has 0 saturated carbocycles. The number of benzene rings is 1. The highest BCUT2D eigenvalue weighted by Crippen LogP contribution is 2.19. The molecule has 0 spiro atoms. The van der Waals surface area contributed by atoms with E-state index in [4.69, 9.17) is 5.26 Å². The molecule has 58 valence electrons. The van der Waals surface area contributed by atoms with Gasteiger partial charge in [0.15, 0.2) is 0 Å². The van der Waals surface area contributed by atoms with E-state index in [1.165, 1.54) is 6.20 Å². The summed E-state index contributed by atoms with van der Waals surface area (Å²) in [5.74, 6) is 0. The number of para-hydroxylation sites is 1. The Hall–Kier alpha value is -1.82. The molecule has 0 radical (unpaired) electrons. The Labute approximate surface area is 68.4 Å². The second kappa shape index (κ2) is 2.35. The molecule has 1 heterocycles. The van der Waals surface area contributed by atoms with Gasteiger partial charge in [-0.05, 0) is 6.07 Å². The van der Waals surface area contributed by atoms with Crippen molar-refractivity contribution >= 4 is 10.9 Å². The maximum Gasteiger partial charge on any atom is 0.101 e. The van der Waals surface area contributed by atoms with E-state index >= 15 is 0 Å². The van der Waals surface area contributed by atoms with Crippen LogP contribution in [-0.2, 0) is 0 Å². The van der Waals surface area contributed by atoms with Crippen LogP contribution < -0.4 is 0 Å². The van der Waals surface area contributed by atoms with Gasteiger partial charge in [-0.2, -0.15) is 10.1 Å². The maximum atomic E-state index is 13.0. The Morgan fingerprint density at radius 1 is 1.33 bits per heavy atom. The van der Waals surface area contributed by atoms with Crippen LogP contribution in [0.3, 0.4) is 0 Å². The standard InChI is InChI=1S/C9H5FN2/c10-12-6-7(5-11)8-3-1-2-4-9(8)12/h1-4,6H. The normalized spacial score (nSPS) is 10.0. The zero-order valence-electron chi connectivity index (χ0n) is 6.16. The summed E-state index contributed by atoms with van der Waals surface area (Å²) in [5, 5.41) is 9.27. The van der Waals surface area contributed by atoms with Crippen molar-refractivity contribution in [3.63, 3.8) is 0 Å². The topological polar surface area (TPSA) is 28.7 Å². The van der Waals surface area contributed by atoms with Crippen molar-refractivity contribution in [1.82, 2.24) is 4.79 Å². The summed E-state index contributed by atoms with van der Waals surface area (Å²) in [6, 6.07) is 8.81. The van der Waals surface area contributed by atoms with Gasteiger partial charge >= 0.3 is 0 Å². The Bertz CT molecular complexity index is 465. The third-order valence-corrected chi connectivity index (χ3v) is 1.79. The van der Waals surface area contributed by atoms with Gasteiger partial charge in [-0.3, -0.25) is 0 Å². The zero-order valence-corrected chi connectivity index (χ0v) is 6.16. The molecule has 0 bridgehead atoms. The minimum Gasteiger partial charge on any atom is -0.192 e. The van der Waals surface area contributed by atoms with Crippen LogP contribution in [0.25, 0.3) is 10.9 Å². The minimum absolute atomic E-state index is 0.369. The van der Waals surface area contributed by atoms with Crippen molar-refractivity contribution in [3.05, 3.63) is 36.0 Å². The van der Waals surface area contributed by atoms with Gasteiger partial charge < -0.3 is 0 Å². The van der Waals surface area contributed by atoms with Crippen LogP contribution in [0.5, 0.6) is 0 Å². The van der Waals surface area contributed by atoms with Gasteiger partial charge in [0.25, 0.3) is 0 Å². The van der Waals surface area contributed by atoms with Crippen LogP contribution in [0.15, 0.2) is 30.5 Å². The molecule has 0 aliphatic heterocycles. The van der Waals surface area contributed by atoms with Crippen LogP contribution in [-0.4, -0.2) is 4.79 Å². The number of rotatable bonds is 0. The molecule has 0 N–H and O–H groups in total. The SMILES string of the molecule is N#Cc1cn(F)c2ccccc12. The molecule has 1 aromatic heterocycles. The van der Waals surface area contributed by atoms with Crippen LogP contribution in [0.1, 0.15) is 5.56 Å². The third kappa shape index (κ3) is 0.785. The first kappa shape index (κ1) is 6.86. The van der Waals surface area contributed by atoms with Gasteiger partial charge in [0, 0.05) is 5.39 Å². The summed E-state index contributed by atoms with van der Waals surface area (Å²) in [7, 11) is 0. The molecule has 0 aliphatic carbocycles. The average Bonchev–Trinajstić information content (AvgIpc) is 2.44. The van der Waals surface area contributed by atoms with E-state index in [0.717, 1.165) is 0 Å². The summed E-state index contributed by atoms with van der Waals surface area (Å²) in [6.45, 7) is 0. The largest absolute Gasteiger partial charge is 0.192 e. The second-order valence-corrected chi connectivity index (χ2v) is 2.48. The zero-order chi connectivity index (χ0) is 8.55. The van der Waals surface area contributed by atoms with E-state index in [1.807, 2.05) is 6.07 Å². The molecule has 0 atom stereocenters. The number of fused-ring (bicyclic) bond motifs is 1. The number of aromatic nitrogens is 1. The van der Waals surface area contributed by atoms with Crippen LogP contribution >= 0.6 is 0 Å². The van der Waals surface area contributed by atoms with Crippen molar-refractivity contribution in [2.75, 3.05) is 0 Å².